The van der Waals surface area contributed by atoms with Crippen LogP contribution in [0.2, 0.25) is 0 Å². The van der Waals surface area contributed by atoms with Crippen LogP contribution in [0, 0.1) is 6.92 Å². The molecule has 2 heterocycles. The smallest absolute Gasteiger partial charge is 0.280 e. The molecule has 0 radical (unpaired) electrons. The zero-order valence-electron chi connectivity index (χ0n) is 17.4. The highest BCUT2D eigenvalue weighted by Crippen LogP contribution is 2.30. The monoisotopic (exact) mass is 443 g/mol. The highest BCUT2D eigenvalue weighted by atomic mass is 32.1. The summed E-state index contributed by atoms with van der Waals surface area (Å²) >= 11 is 1.09. The molecule has 8 heteroatoms. The fourth-order valence-electron chi connectivity index (χ4n) is 3.32. The van der Waals surface area contributed by atoms with E-state index >= 15 is 0 Å². The molecule has 2 aromatic carbocycles. The number of rotatable bonds is 7. The first-order valence-corrected chi connectivity index (χ1v) is 10.9. The Morgan fingerprint density at radius 1 is 1.00 bits per heavy atom. The van der Waals surface area contributed by atoms with Crippen LogP contribution in [0.25, 0.3) is 0 Å². The number of amides is 2. The van der Waals surface area contributed by atoms with Gasteiger partial charge in [-0.15, -0.1) is 5.10 Å². The van der Waals surface area contributed by atoms with Crippen molar-refractivity contribution in [2.75, 3.05) is 4.90 Å². The molecular formula is C24H21N5O2S. The highest BCUT2D eigenvalue weighted by Gasteiger charge is 2.34. The van der Waals surface area contributed by atoms with Crippen LogP contribution in [0.4, 0.5) is 5.69 Å². The number of anilines is 1. The van der Waals surface area contributed by atoms with Gasteiger partial charge in [0.2, 0.25) is 5.91 Å². The third kappa shape index (κ3) is 4.87. The van der Waals surface area contributed by atoms with Crippen LogP contribution < -0.4 is 10.2 Å². The molecule has 2 amide bonds. The van der Waals surface area contributed by atoms with Crippen LogP contribution in [-0.2, 0) is 11.3 Å². The fraction of sp³-hybridized carbons (Fsp3) is 0.125. The molecule has 4 rings (SSSR count). The molecule has 32 heavy (non-hydrogen) atoms. The molecule has 0 spiro atoms. The van der Waals surface area contributed by atoms with E-state index in [9.17, 15) is 9.59 Å². The third-order valence-electron chi connectivity index (χ3n) is 4.95. The minimum absolute atomic E-state index is 0.186. The van der Waals surface area contributed by atoms with Crippen LogP contribution in [0.5, 0.6) is 0 Å². The van der Waals surface area contributed by atoms with Gasteiger partial charge >= 0.3 is 0 Å². The Morgan fingerprint density at radius 2 is 1.72 bits per heavy atom. The minimum Gasteiger partial charge on any atom is -0.350 e. The zero-order valence-corrected chi connectivity index (χ0v) is 18.2. The number of carbonyl (C=O) groups excluding carboxylic acids is 2. The molecule has 0 fully saturated rings. The molecule has 1 atom stereocenters. The summed E-state index contributed by atoms with van der Waals surface area (Å²) in [6.45, 7) is 2.31. The Morgan fingerprint density at radius 3 is 2.38 bits per heavy atom. The van der Waals surface area contributed by atoms with Crippen molar-refractivity contribution in [3.63, 3.8) is 0 Å². The second-order valence-corrected chi connectivity index (χ2v) is 7.80. The Labute approximate surface area is 189 Å². The van der Waals surface area contributed by atoms with E-state index in [0.29, 0.717) is 17.8 Å². The van der Waals surface area contributed by atoms with Gasteiger partial charge in [0.1, 0.15) is 6.04 Å². The standard InChI is InChI=1S/C24H21N5O2S/c1-17-7-9-20(10-8-17)29(24(31)21-16-32-28-27-21)22(19-11-13-25-14-12-19)23(30)26-15-18-5-3-2-4-6-18/h2-14,16,22H,15H2,1H3,(H,26,30). The molecule has 0 saturated heterocycles. The molecule has 7 nitrogen and oxygen atoms in total. The first-order chi connectivity index (χ1) is 15.6. The van der Waals surface area contributed by atoms with E-state index in [2.05, 4.69) is 19.9 Å². The van der Waals surface area contributed by atoms with Gasteiger partial charge in [-0.2, -0.15) is 0 Å². The van der Waals surface area contributed by atoms with Gasteiger partial charge < -0.3 is 5.32 Å². The number of pyridine rings is 1. The molecule has 0 aliphatic carbocycles. The van der Waals surface area contributed by atoms with Crippen molar-refractivity contribution in [3.05, 3.63) is 107 Å². The van der Waals surface area contributed by atoms with Crippen LogP contribution >= 0.6 is 11.5 Å². The number of aromatic nitrogens is 3. The highest BCUT2D eigenvalue weighted by molar-refractivity contribution is 7.03. The van der Waals surface area contributed by atoms with E-state index in [-0.39, 0.29) is 11.6 Å². The van der Waals surface area contributed by atoms with Crippen molar-refractivity contribution in [2.45, 2.75) is 19.5 Å². The van der Waals surface area contributed by atoms with E-state index in [1.807, 2.05) is 61.5 Å². The van der Waals surface area contributed by atoms with Gasteiger partial charge in [-0.05, 0) is 53.8 Å². The summed E-state index contributed by atoms with van der Waals surface area (Å²) in [5.74, 6) is -0.712. The zero-order chi connectivity index (χ0) is 22.3. The SMILES string of the molecule is Cc1ccc(N(C(=O)c2csnn2)C(C(=O)NCc2ccccc2)c2ccncc2)cc1. The van der Waals surface area contributed by atoms with Gasteiger partial charge in [0.15, 0.2) is 5.69 Å². The molecule has 0 aliphatic heterocycles. The summed E-state index contributed by atoms with van der Waals surface area (Å²) in [5.41, 5.74) is 3.43. The molecule has 2 aromatic heterocycles. The normalized spacial score (nSPS) is 11.5. The number of aryl methyl sites for hydroxylation is 1. The molecular weight excluding hydrogens is 422 g/mol. The Kier molecular flexibility index (Phi) is 6.62. The number of nitrogens with zero attached hydrogens (tertiary/aromatic N) is 4. The number of nitrogens with one attached hydrogen (secondary N) is 1. The molecule has 4 aromatic rings. The van der Waals surface area contributed by atoms with Gasteiger partial charge in [0.25, 0.3) is 5.91 Å². The van der Waals surface area contributed by atoms with E-state index in [4.69, 9.17) is 0 Å². The summed E-state index contributed by atoms with van der Waals surface area (Å²) in [7, 11) is 0. The average Bonchev–Trinajstić information content (AvgIpc) is 3.38. The average molecular weight is 444 g/mol. The van der Waals surface area contributed by atoms with Crippen molar-refractivity contribution in [2.24, 2.45) is 0 Å². The van der Waals surface area contributed by atoms with Crippen molar-refractivity contribution in [3.8, 4) is 0 Å². The van der Waals surface area contributed by atoms with Crippen LogP contribution in [0.15, 0.2) is 84.5 Å². The maximum Gasteiger partial charge on any atom is 0.280 e. The lowest BCUT2D eigenvalue weighted by molar-refractivity contribution is -0.122. The summed E-state index contributed by atoms with van der Waals surface area (Å²) in [6, 6.07) is 19.6. The molecule has 0 aliphatic rings. The van der Waals surface area contributed by atoms with Crippen LogP contribution in [0.3, 0.4) is 0 Å². The molecule has 160 valence electrons. The summed E-state index contributed by atoms with van der Waals surface area (Å²) in [6.07, 6.45) is 3.21. The Balaban J connectivity index is 1.75. The predicted octanol–water partition coefficient (Wildman–Crippen LogP) is 3.95. The third-order valence-corrected chi connectivity index (χ3v) is 5.45. The number of benzene rings is 2. The van der Waals surface area contributed by atoms with Crippen LogP contribution in [0.1, 0.15) is 33.2 Å². The van der Waals surface area contributed by atoms with E-state index in [0.717, 1.165) is 22.7 Å². The fourth-order valence-corrected chi connectivity index (χ4v) is 3.75. The van der Waals surface area contributed by atoms with E-state index in [1.165, 1.54) is 4.90 Å². The first-order valence-electron chi connectivity index (χ1n) is 10.0. The lowest BCUT2D eigenvalue weighted by atomic mass is 10.0. The second kappa shape index (κ2) is 9.93. The molecule has 0 bridgehead atoms. The quantitative estimate of drug-likeness (QED) is 0.467. The summed E-state index contributed by atoms with van der Waals surface area (Å²) in [5, 5.41) is 8.49. The molecule has 1 N–H and O–H groups in total. The van der Waals surface area contributed by atoms with E-state index in [1.54, 1.807) is 29.9 Å². The van der Waals surface area contributed by atoms with Gasteiger partial charge in [0, 0.05) is 30.0 Å². The van der Waals surface area contributed by atoms with Crippen molar-refractivity contribution < 1.29 is 9.59 Å². The maximum atomic E-state index is 13.5. The lowest BCUT2D eigenvalue weighted by Crippen LogP contribution is -2.44. The van der Waals surface area contributed by atoms with E-state index < -0.39 is 11.9 Å². The van der Waals surface area contributed by atoms with Crippen LogP contribution in [-0.4, -0.2) is 26.4 Å². The molecule has 1 unspecified atom stereocenters. The van der Waals surface area contributed by atoms with Crippen molar-refractivity contribution in [1.82, 2.24) is 19.9 Å². The summed E-state index contributed by atoms with van der Waals surface area (Å²) in [4.78, 5) is 32.6. The minimum atomic E-state index is -0.918. The first kappa shape index (κ1) is 21.3. The maximum absolute atomic E-state index is 13.5. The number of hydrogen-bond donors (Lipinski definition) is 1. The van der Waals surface area contributed by atoms with Gasteiger partial charge in [0.05, 0.1) is 0 Å². The van der Waals surface area contributed by atoms with Crippen molar-refractivity contribution in [1.29, 1.82) is 0 Å². The topological polar surface area (TPSA) is 88.1 Å². The number of carbonyl (C=O) groups is 2. The summed E-state index contributed by atoms with van der Waals surface area (Å²) < 4.78 is 3.82. The predicted molar refractivity (Wildman–Crippen MR) is 123 cm³/mol. The van der Waals surface area contributed by atoms with Crippen molar-refractivity contribution >= 4 is 29.0 Å². The Bertz CT molecular complexity index is 1170. The van der Waals surface area contributed by atoms with Gasteiger partial charge in [-0.25, -0.2) is 0 Å². The number of hydrogen-bond acceptors (Lipinski definition) is 6. The van der Waals surface area contributed by atoms with Gasteiger partial charge in [-0.1, -0.05) is 52.5 Å². The lowest BCUT2D eigenvalue weighted by Gasteiger charge is -2.31. The largest absolute Gasteiger partial charge is 0.350 e. The Hall–Kier alpha value is -3.91. The molecule has 0 saturated carbocycles. The van der Waals surface area contributed by atoms with Gasteiger partial charge in [-0.3, -0.25) is 19.5 Å². The second-order valence-electron chi connectivity index (χ2n) is 7.19.